The minimum Gasteiger partial charge on any atom is -0.394 e. The van der Waals surface area contributed by atoms with Crippen molar-refractivity contribution in [1.29, 1.82) is 0 Å². The lowest BCUT2D eigenvalue weighted by Crippen LogP contribution is -2.49. The van der Waals surface area contributed by atoms with Gasteiger partial charge in [-0.2, -0.15) is 0 Å². The molecule has 94 valence electrons. The number of carbonyl (C=O) groups is 1. The summed E-state index contributed by atoms with van der Waals surface area (Å²) in [4.78, 5) is 11.6. The summed E-state index contributed by atoms with van der Waals surface area (Å²) in [5.41, 5.74) is -0.385. The maximum Gasteiger partial charge on any atom is 0.234 e. The van der Waals surface area contributed by atoms with Gasteiger partial charge in [0.1, 0.15) is 0 Å². The Labute approximate surface area is 97.8 Å². The molecule has 3 N–H and O–H groups in total. The van der Waals surface area contributed by atoms with Crippen molar-refractivity contribution in [3.05, 3.63) is 0 Å². The average Bonchev–Trinajstić information content (AvgIpc) is 2.28. The summed E-state index contributed by atoms with van der Waals surface area (Å²) >= 11 is 0. The van der Waals surface area contributed by atoms with Crippen molar-refractivity contribution in [3.8, 4) is 0 Å². The van der Waals surface area contributed by atoms with Gasteiger partial charge < -0.3 is 15.7 Å². The summed E-state index contributed by atoms with van der Waals surface area (Å²) in [6, 6.07) is 0.361. The van der Waals surface area contributed by atoms with E-state index in [2.05, 4.69) is 10.6 Å². The van der Waals surface area contributed by atoms with Crippen LogP contribution in [0.5, 0.6) is 0 Å². The van der Waals surface area contributed by atoms with E-state index in [1.165, 1.54) is 19.3 Å². The van der Waals surface area contributed by atoms with Gasteiger partial charge in [-0.15, -0.1) is 0 Å². The maximum atomic E-state index is 11.6. The zero-order chi connectivity index (χ0) is 12.0. The largest absolute Gasteiger partial charge is 0.394 e. The number of aliphatic hydroxyl groups is 1. The molecule has 1 amide bonds. The Balaban J connectivity index is 2.19. The summed E-state index contributed by atoms with van der Waals surface area (Å²) in [7, 11) is 0. The SMILES string of the molecule is CC(C)(CO)NCC(=O)NC1CCCCC1. The molecule has 1 aliphatic rings. The van der Waals surface area contributed by atoms with Crippen molar-refractivity contribution in [1.82, 2.24) is 10.6 Å². The quantitative estimate of drug-likeness (QED) is 0.652. The lowest BCUT2D eigenvalue weighted by Gasteiger charge is -2.26. The number of rotatable bonds is 5. The normalized spacial score (nSPS) is 18.4. The smallest absolute Gasteiger partial charge is 0.234 e. The molecule has 0 aromatic heterocycles. The molecule has 1 rings (SSSR count). The van der Waals surface area contributed by atoms with E-state index in [-0.39, 0.29) is 24.6 Å². The van der Waals surface area contributed by atoms with E-state index in [0.717, 1.165) is 12.8 Å². The van der Waals surface area contributed by atoms with Crippen LogP contribution in [0.4, 0.5) is 0 Å². The fraction of sp³-hybridized carbons (Fsp3) is 0.917. The Kier molecular flexibility index (Phi) is 5.22. The molecule has 0 aromatic carbocycles. The molecule has 0 atom stereocenters. The fourth-order valence-corrected chi connectivity index (χ4v) is 1.90. The van der Waals surface area contributed by atoms with Crippen molar-refractivity contribution in [2.75, 3.05) is 13.2 Å². The van der Waals surface area contributed by atoms with Crippen LogP contribution in [0.25, 0.3) is 0 Å². The van der Waals surface area contributed by atoms with E-state index >= 15 is 0 Å². The number of nitrogens with one attached hydrogen (secondary N) is 2. The highest BCUT2D eigenvalue weighted by Gasteiger charge is 2.19. The highest BCUT2D eigenvalue weighted by atomic mass is 16.3. The van der Waals surface area contributed by atoms with Crippen LogP contribution >= 0.6 is 0 Å². The molecule has 4 nitrogen and oxygen atoms in total. The lowest BCUT2D eigenvalue weighted by molar-refractivity contribution is -0.121. The van der Waals surface area contributed by atoms with Gasteiger partial charge in [-0.05, 0) is 26.7 Å². The van der Waals surface area contributed by atoms with Gasteiger partial charge in [0.05, 0.1) is 13.2 Å². The third-order valence-electron chi connectivity index (χ3n) is 3.09. The third-order valence-corrected chi connectivity index (χ3v) is 3.09. The summed E-state index contributed by atoms with van der Waals surface area (Å²) in [5.74, 6) is 0.0356. The molecule has 0 radical (unpaired) electrons. The van der Waals surface area contributed by atoms with Gasteiger partial charge >= 0.3 is 0 Å². The van der Waals surface area contributed by atoms with Gasteiger partial charge in [-0.1, -0.05) is 19.3 Å². The van der Waals surface area contributed by atoms with Gasteiger partial charge in [0.25, 0.3) is 0 Å². The summed E-state index contributed by atoms with van der Waals surface area (Å²) in [5, 5.41) is 15.1. The first kappa shape index (κ1) is 13.5. The number of hydrogen-bond donors (Lipinski definition) is 3. The number of aliphatic hydroxyl groups excluding tert-OH is 1. The van der Waals surface area contributed by atoms with E-state index in [1.54, 1.807) is 0 Å². The second kappa shape index (κ2) is 6.21. The van der Waals surface area contributed by atoms with Gasteiger partial charge in [0.2, 0.25) is 5.91 Å². The molecule has 0 unspecified atom stereocenters. The van der Waals surface area contributed by atoms with Crippen molar-refractivity contribution in [2.45, 2.75) is 57.5 Å². The molecule has 0 spiro atoms. The van der Waals surface area contributed by atoms with E-state index in [1.807, 2.05) is 13.8 Å². The molecule has 0 heterocycles. The molecule has 4 heteroatoms. The van der Waals surface area contributed by atoms with Crippen LogP contribution in [0.1, 0.15) is 46.0 Å². The summed E-state index contributed by atoms with van der Waals surface area (Å²) < 4.78 is 0. The van der Waals surface area contributed by atoms with Crippen LogP contribution in [0.2, 0.25) is 0 Å². The molecular formula is C12H24N2O2. The molecule has 0 aromatic rings. The van der Waals surface area contributed by atoms with Gasteiger partial charge in [0, 0.05) is 11.6 Å². The van der Waals surface area contributed by atoms with Crippen molar-refractivity contribution < 1.29 is 9.90 Å². The van der Waals surface area contributed by atoms with Crippen molar-refractivity contribution in [2.24, 2.45) is 0 Å². The Hall–Kier alpha value is -0.610. The van der Waals surface area contributed by atoms with E-state index in [4.69, 9.17) is 5.11 Å². The lowest BCUT2D eigenvalue weighted by atomic mass is 9.95. The Morgan fingerprint density at radius 1 is 1.31 bits per heavy atom. The maximum absolute atomic E-state index is 11.6. The van der Waals surface area contributed by atoms with E-state index in [9.17, 15) is 4.79 Å². The van der Waals surface area contributed by atoms with Gasteiger partial charge in [-0.25, -0.2) is 0 Å². The first-order valence-corrected chi connectivity index (χ1v) is 6.19. The molecule has 1 fully saturated rings. The highest BCUT2D eigenvalue weighted by Crippen LogP contribution is 2.17. The first-order chi connectivity index (χ1) is 7.53. The molecule has 0 aliphatic heterocycles. The number of hydrogen-bond acceptors (Lipinski definition) is 3. The molecule has 0 saturated heterocycles. The van der Waals surface area contributed by atoms with Crippen molar-refractivity contribution >= 4 is 5.91 Å². The second-order valence-corrected chi connectivity index (χ2v) is 5.30. The fourth-order valence-electron chi connectivity index (χ4n) is 1.90. The van der Waals surface area contributed by atoms with Crippen LogP contribution < -0.4 is 10.6 Å². The third kappa shape index (κ3) is 4.94. The van der Waals surface area contributed by atoms with Crippen LogP contribution in [-0.4, -0.2) is 35.7 Å². The van der Waals surface area contributed by atoms with Crippen LogP contribution in [0, 0.1) is 0 Å². The zero-order valence-electron chi connectivity index (χ0n) is 10.4. The zero-order valence-corrected chi connectivity index (χ0v) is 10.4. The molecule has 0 bridgehead atoms. The summed E-state index contributed by atoms with van der Waals surface area (Å²) in [6.45, 7) is 4.07. The Morgan fingerprint density at radius 2 is 1.94 bits per heavy atom. The molecular weight excluding hydrogens is 204 g/mol. The average molecular weight is 228 g/mol. The Bertz CT molecular complexity index is 223. The first-order valence-electron chi connectivity index (χ1n) is 6.19. The van der Waals surface area contributed by atoms with Crippen LogP contribution in [0.15, 0.2) is 0 Å². The minimum atomic E-state index is -0.385. The second-order valence-electron chi connectivity index (χ2n) is 5.30. The standard InChI is InChI=1S/C12H24N2O2/c1-12(2,9-15)13-8-11(16)14-10-6-4-3-5-7-10/h10,13,15H,3-9H2,1-2H3,(H,14,16). The molecule has 16 heavy (non-hydrogen) atoms. The summed E-state index contributed by atoms with van der Waals surface area (Å²) in [6.07, 6.45) is 5.95. The van der Waals surface area contributed by atoms with Crippen molar-refractivity contribution in [3.63, 3.8) is 0 Å². The topological polar surface area (TPSA) is 61.4 Å². The highest BCUT2D eigenvalue weighted by molar-refractivity contribution is 5.78. The minimum absolute atomic E-state index is 0.0315. The number of amides is 1. The molecule has 1 saturated carbocycles. The number of carbonyl (C=O) groups excluding carboxylic acids is 1. The van der Waals surface area contributed by atoms with Gasteiger partial charge in [-0.3, -0.25) is 4.79 Å². The van der Waals surface area contributed by atoms with Gasteiger partial charge in [0.15, 0.2) is 0 Å². The van der Waals surface area contributed by atoms with E-state index < -0.39 is 0 Å². The monoisotopic (exact) mass is 228 g/mol. The van der Waals surface area contributed by atoms with Crippen LogP contribution in [0.3, 0.4) is 0 Å². The molecule has 1 aliphatic carbocycles. The predicted molar refractivity (Wildman–Crippen MR) is 64.2 cm³/mol. The van der Waals surface area contributed by atoms with Crippen LogP contribution in [-0.2, 0) is 4.79 Å². The Morgan fingerprint density at radius 3 is 2.50 bits per heavy atom. The predicted octanol–water partition coefficient (Wildman–Crippen LogP) is 0.796. The van der Waals surface area contributed by atoms with E-state index in [0.29, 0.717) is 6.04 Å².